The maximum atomic E-state index is 12.0. The fourth-order valence-corrected chi connectivity index (χ4v) is 2.52. The van der Waals surface area contributed by atoms with Gasteiger partial charge >= 0.3 is 0 Å². The van der Waals surface area contributed by atoms with Crippen molar-refractivity contribution in [2.45, 2.75) is 6.42 Å². The minimum absolute atomic E-state index is 0.0773. The maximum absolute atomic E-state index is 12.0. The molecule has 1 saturated heterocycles. The van der Waals surface area contributed by atoms with Crippen LogP contribution in [0.5, 0.6) is 0 Å². The maximum Gasteiger partial charge on any atom is 0.228 e. The summed E-state index contributed by atoms with van der Waals surface area (Å²) in [6.07, 6.45) is 1.17. The van der Waals surface area contributed by atoms with Crippen molar-refractivity contribution >= 4 is 28.8 Å². The van der Waals surface area contributed by atoms with Crippen molar-refractivity contribution in [2.24, 2.45) is 0 Å². The molecule has 0 atom stereocenters. The zero-order valence-electron chi connectivity index (χ0n) is 10.3. The third kappa shape index (κ3) is 2.98. The van der Waals surface area contributed by atoms with Gasteiger partial charge in [0, 0.05) is 38.6 Å². The van der Waals surface area contributed by atoms with E-state index in [-0.39, 0.29) is 5.91 Å². The summed E-state index contributed by atoms with van der Waals surface area (Å²) in [6.45, 7) is 2.46. The van der Waals surface area contributed by atoms with E-state index in [1.54, 1.807) is 9.80 Å². The summed E-state index contributed by atoms with van der Waals surface area (Å²) >= 11 is 1.49. The van der Waals surface area contributed by atoms with Crippen molar-refractivity contribution in [3.63, 3.8) is 0 Å². The number of carbonyl (C=O) groups excluding carboxylic acids is 2. The van der Waals surface area contributed by atoms with E-state index in [4.69, 9.17) is 0 Å². The second-order valence-corrected chi connectivity index (χ2v) is 4.95. The van der Waals surface area contributed by atoms with Crippen molar-refractivity contribution in [3.8, 4) is 0 Å². The van der Waals surface area contributed by atoms with E-state index in [2.05, 4.69) is 10.3 Å². The molecular weight excluding hydrogens is 252 g/mol. The Balaban J connectivity index is 1.86. The lowest BCUT2D eigenvalue weighted by molar-refractivity contribution is -0.134. The monoisotopic (exact) mass is 268 g/mol. The molecule has 2 rings (SSSR count). The number of amides is 2. The molecule has 1 aromatic heterocycles. The number of carbonyl (C=O) groups is 2. The molecule has 0 bridgehead atoms. The number of nitrogens with zero attached hydrogens (tertiary/aromatic N) is 3. The molecule has 7 heteroatoms. The van der Waals surface area contributed by atoms with Crippen LogP contribution in [0.25, 0.3) is 0 Å². The number of rotatable bonds is 4. The van der Waals surface area contributed by atoms with Gasteiger partial charge < -0.3 is 15.1 Å². The average Bonchev–Trinajstić information content (AvgIpc) is 2.86. The summed E-state index contributed by atoms with van der Waals surface area (Å²) in [4.78, 5) is 30.4. The Morgan fingerprint density at radius 1 is 1.50 bits per heavy atom. The molecule has 0 radical (unpaired) electrons. The van der Waals surface area contributed by atoms with Gasteiger partial charge in [-0.2, -0.15) is 0 Å². The second-order valence-electron chi connectivity index (χ2n) is 4.09. The first kappa shape index (κ1) is 12.8. The van der Waals surface area contributed by atoms with Gasteiger partial charge in [0.15, 0.2) is 5.13 Å². The summed E-state index contributed by atoms with van der Waals surface area (Å²) in [7, 11) is 1.81. The fourth-order valence-electron chi connectivity index (χ4n) is 1.85. The highest BCUT2D eigenvalue weighted by atomic mass is 32.1. The molecule has 2 heterocycles. The predicted molar refractivity (Wildman–Crippen MR) is 69.6 cm³/mol. The quantitative estimate of drug-likeness (QED) is 0.782. The lowest BCUT2D eigenvalue weighted by Crippen LogP contribution is -2.48. The summed E-state index contributed by atoms with van der Waals surface area (Å²) in [5.74, 6) is 0.0773. The van der Waals surface area contributed by atoms with Gasteiger partial charge in [0.25, 0.3) is 0 Å². The minimum atomic E-state index is 0.0773. The highest BCUT2D eigenvalue weighted by Crippen LogP contribution is 2.15. The molecule has 0 aromatic carbocycles. The Morgan fingerprint density at radius 2 is 2.22 bits per heavy atom. The predicted octanol–water partition coefficient (Wildman–Crippen LogP) is 0.0279. The van der Waals surface area contributed by atoms with Crippen LogP contribution in [0.15, 0.2) is 5.38 Å². The van der Waals surface area contributed by atoms with E-state index in [9.17, 15) is 9.59 Å². The molecule has 1 N–H and O–H groups in total. The Kier molecular flexibility index (Phi) is 4.14. The number of hydrogen-bond donors (Lipinski definition) is 1. The second kappa shape index (κ2) is 5.81. The van der Waals surface area contributed by atoms with Crippen LogP contribution in [0.1, 0.15) is 5.69 Å². The summed E-state index contributed by atoms with van der Waals surface area (Å²) in [5.41, 5.74) is 0.798. The van der Waals surface area contributed by atoms with Crippen LogP contribution < -0.4 is 5.32 Å². The molecule has 2 amide bonds. The van der Waals surface area contributed by atoms with Crippen LogP contribution in [-0.4, -0.2) is 60.3 Å². The Labute approximate surface area is 110 Å². The van der Waals surface area contributed by atoms with Crippen LogP contribution in [0.2, 0.25) is 0 Å². The molecule has 0 unspecified atom stereocenters. The summed E-state index contributed by atoms with van der Waals surface area (Å²) < 4.78 is 0. The number of hydrogen-bond acceptors (Lipinski definition) is 5. The lowest BCUT2D eigenvalue weighted by Gasteiger charge is -2.32. The lowest BCUT2D eigenvalue weighted by atomic mass is 10.2. The Hall–Kier alpha value is -1.63. The van der Waals surface area contributed by atoms with E-state index in [1.807, 2.05) is 12.4 Å². The molecule has 18 heavy (non-hydrogen) atoms. The van der Waals surface area contributed by atoms with Gasteiger partial charge in [-0.15, -0.1) is 11.3 Å². The topological polar surface area (TPSA) is 65.5 Å². The van der Waals surface area contributed by atoms with Gasteiger partial charge in [0.2, 0.25) is 12.3 Å². The first-order valence-corrected chi connectivity index (χ1v) is 6.70. The van der Waals surface area contributed by atoms with Gasteiger partial charge in [-0.1, -0.05) is 0 Å². The molecule has 0 spiro atoms. The number of nitrogens with one attached hydrogen (secondary N) is 1. The zero-order valence-corrected chi connectivity index (χ0v) is 11.1. The smallest absolute Gasteiger partial charge is 0.228 e. The van der Waals surface area contributed by atoms with Gasteiger partial charge in [-0.3, -0.25) is 9.59 Å². The van der Waals surface area contributed by atoms with E-state index in [1.165, 1.54) is 11.3 Å². The Bertz CT molecular complexity index is 426. The van der Waals surface area contributed by atoms with Gasteiger partial charge in [0.1, 0.15) is 0 Å². The van der Waals surface area contributed by atoms with E-state index >= 15 is 0 Å². The van der Waals surface area contributed by atoms with Crippen LogP contribution in [0.3, 0.4) is 0 Å². The molecular formula is C11H16N4O2S. The third-order valence-electron chi connectivity index (χ3n) is 2.91. The number of aromatic nitrogens is 1. The number of anilines is 1. The van der Waals surface area contributed by atoms with Gasteiger partial charge in [0.05, 0.1) is 12.1 Å². The number of thiazole rings is 1. The van der Waals surface area contributed by atoms with E-state index in [0.29, 0.717) is 32.6 Å². The van der Waals surface area contributed by atoms with Crippen molar-refractivity contribution in [1.82, 2.24) is 14.8 Å². The normalized spacial score (nSPS) is 15.6. The standard InChI is InChI=1S/C11H16N4O2S/c1-12-11-13-9(7-18-11)6-10(17)15-4-2-14(8-16)3-5-15/h7-8H,2-6H2,1H3,(H,12,13). The molecule has 1 aromatic rings. The van der Waals surface area contributed by atoms with Crippen molar-refractivity contribution in [3.05, 3.63) is 11.1 Å². The van der Waals surface area contributed by atoms with Gasteiger partial charge in [-0.05, 0) is 0 Å². The molecule has 1 aliphatic heterocycles. The molecule has 1 aliphatic rings. The van der Waals surface area contributed by atoms with Crippen LogP contribution >= 0.6 is 11.3 Å². The largest absolute Gasteiger partial charge is 0.365 e. The summed E-state index contributed by atoms with van der Waals surface area (Å²) in [5, 5.41) is 5.67. The molecule has 98 valence electrons. The van der Waals surface area contributed by atoms with Crippen LogP contribution in [-0.2, 0) is 16.0 Å². The van der Waals surface area contributed by atoms with E-state index in [0.717, 1.165) is 17.2 Å². The first-order valence-electron chi connectivity index (χ1n) is 5.82. The first-order chi connectivity index (χ1) is 8.72. The minimum Gasteiger partial charge on any atom is -0.365 e. The van der Waals surface area contributed by atoms with Crippen LogP contribution in [0.4, 0.5) is 5.13 Å². The summed E-state index contributed by atoms with van der Waals surface area (Å²) in [6, 6.07) is 0. The van der Waals surface area contributed by atoms with Crippen molar-refractivity contribution in [1.29, 1.82) is 0 Å². The molecule has 6 nitrogen and oxygen atoms in total. The van der Waals surface area contributed by atoms with Gasteiger partial charge in [-0.25, -0.2) is 4.98 Å². The molecule has 0 aliphatic carbocycles. The van der Waals surface area contributed by atoms with Crippen molar-refractivity contribution in [2.75, 3.05) is 38.5 Å². The Morgan fingerprint density at radius 3 is 2.78 bits per heavy atom. The van der Waals surface area contributed by atoms with Crippen molar-refractivity contribution < 1.29 is 9.59 Å². The molecule has 1 fully saturated rings. The zero-order chi connectivity index (χ0) is 13.0. The average molecular weight is 268 g/mol. The molecule has 0 saturated carbocycles. The third-order valence-corrected chi connectivity index (χ3v) is 3.82. The highest BCUT2D eigenvalue weighted by molar-refractivity contribution is 7.13. The SMILES string of the molecule is CNc1nc(CC(=O)N2CCN(C=O)CC2)cs1. The van der Waals surface area contributed by atoms with E-state index < -0.39 is 0 Å². The highest BCUT2D eigenvalue weighted by Gasteiger charge is 2.20. The van der Waals surface area contributed by atoms with Crippen LogP contribution in [0, 0.1) is 0 Å². The fraction of sp³-hybridized carbons (Fsp3) is 0.545. The number of piperazine rings is 1.